The topological polar surface area (TPSA) is 53.2 Å². The lowest BCUT2D eigenvalue weighted by atomic mass is 10.1. The number of carbonyl (C=O) groups is 1. The predicted octanol–water partition coefficient (Wildman–Crippen LogP) is 3.35. The second kappa shape index (κ2) is 7.34. The van der Waals surface area contributed by atoms with E-state index in [9.17, 15) is 22.8 Å². The Bertz CT molecular complexity index is 906. The number of ether oxygens (including phenoxy) is 1. The molecule has 0 saturated carbocycles. The molecule has 0 unspecified atom stereocenters. The molecule has 27 heavy (non-hydrogen) atoms. The molecule has 0 aromatic carbocycles. The third-order valence-electron chi connectivity index (χ3n) is 4.92. The molecule has 5 nitrogen and oxygen atoms in total. The summed E-state index contributed by atoms with van der Waals surface area (Å²) in [6.45, 7) is 4.59. The number of nitrogens with zero attached hydrogens (tertiary/aromatic N) is 2. The number of Topliss-reactive ketones (excluding diaryl/α,β-unsaturated/α-hetero) is 1. The van der Waals surface area contributed by atoms with E-state index in [-0.39, 0.29) is 6.10 Å². The first-order valence-electron chi connectivity index (χ1n) is 8.76. The fraction of sp³-hybridized carbons (Fsp3) is 0.474. The highest BCUT2D eigenvalue weighted by molar-refractivity contribution is 5.97. The van der Waals surface area contributed by atoms with Gasteiger partial charge in [-0.25, -0.2) is 0 Å². The SMILES string of the molecule is Cc1cc(C(=O)Cn2cccc(C(F)(F)F)c2=O)c(C)n1C[C@H]1CCCO1. The van der Waals surface area contributed by atoms with E-state index >= 15 is 0 Å². The molecule has 1 fully saturated rings. The molecule has 3 rings (SSSR count). The van der Waals surface area contributed by atoms with Crippen molar-refractivity contribution in [1.29, 1.82) is 0 Å². The van der Waals surface area contributed by atoms with E-state index in [0.717, 1.165) is 47.5 Å². The summed E-state index contributed by atoms with van der Waals surface area (Å²) < 4.78 is 47.1. The van der Waals surface area contributed by atoms with Crippen LogP contribution in [0.25, 0.3) is 0 Å². The zero-order valence-electron chi connectivity index (χ0n) is 15.2. The first-order chi connectivity index (χ1) is 12.7. The standard InChI is InChI=1S/C19H21F3N2O3/c1-12-9-15(13(2)24(12)10-14-5-4-8-27-14)17(25)11-23-7-3-6-16(18(23)26)19(20,21)22/h3,6-7,9,14H,4-5,8,10-11H2,1-2H3/t14-/m1/s1. The van der Waals surface area contributed by atoms with E-state index in [1.807, 2.05) is 11.5 Å². The highest BCUT2D eigenvalue weighted by atomic mass is 19.4. The molecule has 1 atom stereocenters. The predicted molar refractivity (Wildman–Crippen MR) is 92.9 cm³/mol. The van der Waals surface area contributed by atoms with Gasteiger partial charge in [0.25, 0.3) is 5.56 Å². The van der Waals surface area contributed by atoms with E-state index in [2.05, 4.69) is 0 Å². The zero-order valence-corrected chi connectivity index (χ0v) is 15.2. The van der Waals surface area contributed by atoms with Crippen LogP contribution in [0.15, 0.2) is 29.2 Å². The van der Waals surface area contributed by atoms with Gasteiger partial charge in [0.1, 0.15) is 5.56 Å². The monoisotopic (exact) mass is 382 g/mol. The van der Waals surface area contributed by atoms with Crippen LogP contribution in [0, 0.1) is 13.8 Å². The van der Waals surface area contributed by atoms with Gasteiger partial charge in [-0.05, 0) is 44.9 Å². The number of rotatable bonds is 5. The highest BCUT2D eigenvalue weighted by Crippen LogP contribution is 2.26. The van der Waals surface area contributed by atoms with Gasteiger partial charge in [-0.3, -0.25) is 9.59 Å². The highest BCUT2D eigenvalue weighted by Gasteiger charge is 2.34. The number of halogens is 3. The van der Waals surface area contributed by atoms with Crippen LogP contribution in [0.3, 0.4) is 0 Å². The van der Waals surface area contributed by atoms with Crippen LogP contribution >= 0.6 is 0 Å². The minimum Gasteiger partial charge on any atom is -0.376 e. The molecule has 146 valence electrons. The van der Waals surface area contributed by atoms with Gasteiger partial charge in [0.05, 0.1) is 12.6 Å². The molecule has 0 bridgehead atoms. The van der Waals surface area contributed by atoms with Crippen molar-refractivity contribution < 1.29 is 22.7 Å². The summed E-state index contributed by atoms with van der Waals surface area (Å²) in [7, 11) is 0. The number of hydrogen-bond acceptors (Lipinski definition) is 3. The van der Waals surface area contributed by atoms with Crippen molar-refractivity contribution in [3.05, 3.63) is 57.3 Å². The molecule has 0 N–H and O–H groups in total. The fourth-order valence-corrected chi connectivity index (χ4v) is 3.47. The fourth-order valence-electron chi connectivity index (χ4n) is 3.47. The van der Waals surface area contributed by atoms with E-state index in [0.29, 0.717) is 12.1 Å². The molecule has 1 aliphatic heterocycles. The number of ketones is 1. The Morgan fingerprint density at radius 3 is 2.70 bits per heavy atom. The van der Waals surface area contributed by atoms with Gasteiger partial charge in [0.15, 0.2) is 5.78 Å². The Morgan fingerprint density at radius 2 is 2.07 bits per heavy atom. The van der Waals surface area contributed by atoms with Crippen LogP contribution < -0.4 is 5.56 Å². The summed E-state index contributed by atoms with van der Waals surface area (Å²) in [6, 6.07) is 3.56. The third-order valence-corrected chi connectivity index (χ3v) is 4.92. The van der Waals surface area contributed by atoms with Crippen LogP contribution in [0.2, 0.25) is 0 Å². The molecule has 0 radical (unpaired) electrons. The minimum absolute atomic E-state index is 0.101. The van der Waals surface area contributed by atoms with Gasteiger partial charge in [-0.1, -0.05) is 0 Å². The Hall–Kier alpha value is -2.35. The summed E-state index contributed by atoms with van der Waals surface area (Å²) in [5.74, 6) is -0.400. The van der Waals surface area contributed by atoms with Crippen molar-refractivity contribution in [1.82, 2.24) is 9.13 Å². The lowest BCUT2D eigenvalue weighted by molar-refractivity contribution is -0.138. The number of hydrogen-bond donors (Lipinski definition) is 0. The summed E-state index contributed by atoms with van der Waals surface area (Å²) in [4.78, 5) is 24.7. The van der Waals surface area contributed by atoms with Crippen molar-refractivity contribution in [3.63, 3.8) is 0 Å². The molecule has 0 aliphatic carbocycles. The summed E-state index contributed by atoms with van der Waals surface area (Å²) in [5, 5.41) is 0. The summed E-state index contributed by atoms with van der Waals surface area (Å²) in [6.07, 6.45) is -1.49. The smallest absolute Gasteiger partial charge is 0.376 e. The molecular formula is C19H21F3N2O3. The average molecular weight is 382 g/mol. The van der Waals surface area contributed by atoms with Crippen LogP contribution in [0.4, 0.5) is 13.2 Å². The minimum atomic E-state index is -4.75. The largest absolute Gasteiger partial charge is 0.421 e. The number of carbonyl (C=O) groups excluding carboxylic acids is 1. The molecular weight excluding hydrogens is 361 g/mol. The molecule has 0 spiro atoms. The third kappa shape index (κ3) is 4.00. The maximum atomic E-state index is 12.9. The van der Waals surface area contributed by atoms with Crippen molar-refractivity contribution in [3.8, 4) is 0 Å². The molecule has 2 aromatic heterocycles. The molecule has 8 heteroatoms. The van der Waals surface area contributed by atoms with Gasteiger partial charge in [-0.15, -0.1) is 0 Å². The van der Waals surface area contributed by atoms with Gasteiger partial charge >= 0.3 is 6.18 Å². The lowest BCUT2D eigenvalue weighted by Gasteiger charge is -2.15. The van der Waals surface area contributed by atoms with E-state index < -0.39 is 29.6 Å². The van der Waals surface area contributed by atoms with E-state index in [1.165, 1.54) is 6.20 Å². The van der Waals surface area contributed by atoms with Crippen LogP contribution in [-0.2, 0) is 24.0 Å². The summed E-state index contributed by atoms with van der Waals surface area (Å²) in [5.41, 5.74) is -0.473. The van der Waals surface area contributed by atoms with E-state index in [4.69, 9.17) is 4.74 Å². The molecule has 0 amide bonds. The second-order valence-corrected chi connectivity index (χ2v) is 6.81. The Morgan fingerprint density at radius 1 is 1.33 bits per heavy atom. The molecule has 2 aromatic rings. The lowest BCUT2D eigenvalue weighted by Crippen LogP contribution is -2.30. The van der Waals surface area contributed by atoms with Crippen LogP contribution in [0.5, 0.6) is 0 Å². The normalized spacial score (nSPS) is 17.4. The Kier molecular flexibility index (Phi) is 5.28. The Balaban J connectivity index is 1.84. The van der Waals surface area contributed by atoms with Gasteiger partial charge < -0.3 is 13.9 Å². The molecule has 3 heterocycles. The van der Waals surface area contributed by atoms with Crippen molar-refractivity contribution >= 4 is 5.78 Å². The van der Waals surface area contributed by atoms with Gasteiger partial charge in [0.2, 0.25) is 0 Å². The first-order valence-corrected chi connectivity index (χ1v) is 8.76. The van der Waals surface area contributed by atoms with Gasteiger partial charge in [-0.2, -0.15) is 13.2 Å². The van der Waals surface area contributed by atoms with Crippen LogP contribution in [-0.4, -0.2) is 27.6 Å². The number of aryl methyl sites for hydroxylation is 1. The average Bonchev–Trinajstić information content (AvgIpc) is 3.19. The number of alkyl halides is 3. The zero-order chi connectivity index (χ0) is 19.8. The Labute approximate surface area is 154 Å². The van der Waals surface area contributed by atoms with Crippen molar-refractivity contribution in [2.75, 3.05) is 6.61 Å². The number of pyridine rings is 1. The maximum absolute atomic E-state index is 12.9. The quantitative estimate of drug-likeness (QED) is 0.746. The van der Waals surface area contributed by atoms with Gasteiger partial charge in [0, 0.05) is 36.3 Å². The molecule has 1 aliphatic rings. The summed E-state index contributed by atoms with van der Waals surface area (Å²) >= 11 is 0. The van der Waals surface area contributed by atoms with Crippen molar-refractivity contribution in [2.45, 2.75) is 52.1 Å². The number of aromatic nitrogens is 2. The van der Waals surface area contributed by atoms with E-state index in [1.54, 1.807) is 13.0 Å². The molecule has 1 saturated heterocycles. The van der Waals surface area contributed by atoms with Crippen molar-refractivity contribution in [2.24, 2.45) is 0 Å². The maximum Gasteiger partial charge on any atom is 0.421 e. The second-order valence-electron chi connectivity index (χ2n) is 6.81. The first kappa shape index (κ1) is 19.4. The van der Waals surface area contributed by atoms with Crippen LogP contribution in [0.1, 0.15) is 40.2 Å².